The van der Waals surface area contributed by atoms with Crippen LogP contribution in [-0.2, 0) is 9.84 Å². The lowest BCUT2D eigenvalue weighted by molar-refractivity contribution is 0.367. The molecule has 3 nitrogen and oxygen atoms in total. The van der Waals surface area contributed by atoms with Gasteiger partial charge in [-0.2, -0.15) is 0 Å². The monoisotopic (exact) mass is 249 g/mol. The number of hydrogen-bond acceptors (Lipinski definition) is 3. The second-order valence-corrected chi connectivity index (χ2v) is 7.05. The normalized spacial score (nSPS) is 21.1. The van der Waals surface area contributed by atoms with E-state index in [1.807, 2.05) is 0 Å². The zero-order valence-electron chi connectivity index (χ0n) is 9.11. The highest BCUT2D eigenvalue weighted by Crippen LogP contribution is 2.30. The summed E-state index contributed by atoms with van der Waals surface area (Å²) < 4.78 is 23.7. The molecule has 1 atom stereocenters. The smallest absolute Gasteiger partial charge is 0.159 e. The first kappa shape index (κ1) is 12.9. The summed E-state index contributed by atoms with van der Waals surface area (Å²) in [5, 5.41) is -0.585. The summed E-state index contributed by atoms with van der Waals surface area (Å²) in [6.45, 7) is 1.66. The Hall–Kier alpha value is -0.160. The number of sulfone groups is 1. The second-order valence-electron chi connectivity index (χ2n) is 4.17. The molecule has 1 fully saturated rings. The third-order valence-electron chi connectivity index (χ3n) is 3.15. The fraction of sp³-hybridized carbons (Fsp3) is 0.900. The molecule has 0 amide bonds. The zero-order chi connectivity index (χ0) is 11.5. The summed E-state index contributed by atoms with van der Waals surface area (Å²) in [6.07, 6.45) is 5.29. The Balaban J connectivity index is 2.87. The molecule has 0 aromatic rings. The van der Waals surface area contributed by atoms with Gasteiger partial charge in [0.25, 0.3) is 0 Å². The maximum atomic E-state index is 11.9. The molecule has 0 radical (unpaired) electrons. The van der Waals surface area contributed by atoms with Crippen LogP contribution in [0.3, 0.4) is 0 Å². The number of hydrogen-bond donors (Lipinski definition) is 1. The maximum Gasteiger partial charge on any atom is 0.159 e. The molecule has 1 aliphatic rings. The average molecular weight is 249 g/mol. The average Bonchev–Trinajstić information content (AvgIpc) is 2.18. The van der Waals surface area contributed by atoms with Crippen LogP contribution in [0.2, 0.25) is 0 Å². The first-order valence-corrected chi connectivity index (χ1v) is 7.62. The fourth-order valence-corrected chi connectivity index (χ4v) is 4.52. The van der Waals surface area contributed by atoms with Crippen LogP contribution < -0.4 is 5.73 Å². The first-order chi connectivity index (χ1) is 6.99. The summed E-state index contributed by atoms with van der Waals surface area (Å²) in [5.74, 6) is 0.284. The molecule has 0 spiro atoms. The summed E-state index contributed by atoms with van der Waals surface area (Å²) in [5.41, 5.74) is 5.58. The van der Waals surface area contributed by atoms with Crippen molar-refractivity contribution in [2.24, 2.45) is 11.7 Å². The lowest BCUT2D eigenvalue weighted by Gasteiger charge is -2.28. The molecule has 0 heterocycles. The van der Waals surface area contributed by atoms with E-state index < -0.39 is 15.1 Å². The highest BCUT2D eigenvalue weighted by molar-refractivity contribution is 7.94. The van der Waals surface area contributed by atoms with E-state index in [0.29, 0.717) is 0 Å². The van der Waals surface area contributed by atoms with Crippen molar-refractivity contribution >= 4 is 27.0 Å². The minimum absolute atomic E-state index is 0.130. The van der Waals surface area contributed by atoms with Gasteiger partial charge in [0, 0.05) is 5.75 Å². The van der Waals surface area contributed by atoms with E-state index in [9.17, 15) is 8.42 Å². The molecule has 5 heteroatoms. The van der Waals surface area contributed by atoms with Crippen molar-refractivity contribution in [3.05, 3.63) is 0 Å². The Bertz CT molecular complexity index is 318. The number of rotatable bonds is 4. The molecule has 1 aliphatic carbocycles. The summed E-state index contributed by atoms with van der Waals surface area (Å²) in [7, 11) is -3.13. The summed E-state index contributed by atoms with van der Waals surface area (Å²) in [6, 6.07) is 0. The topological polar surface area (TPSA) is 60.2 Å². The van der Waals surface area contributed by atoms with Gasteiger partial charge in [-0.1, -0.05) is 38.4 Å². The second kappa shape index (κ2) is 5.25. The van der Waals surface area contributed by atoms with Crippen LogP contribution in [0.5, 0.6) is 0 Å². The summed E-state index contributed by atoms with van der Waals surface area (Å²) >= 11 is 4.91. The fourth-order valence-electron chi connectivity index (χ4n) is 2.32. The van der Waals surface area contributed by atoms with Gasteiger partial charge in [-0.3, -0.25) is 0 Å². The first-order valence-electron chi connectivity index (χ1n) is 5.50. The van der Waals surface area contributed by atoms with Gasteiger partial charge >= 0.3 is 0 Å². The number of nitrogens with two attached hydrogens (primary N) is 1. The van der Waals surface area contributed by atoms with Gasteiger partial charge in [0.1, 0.15) is 5.25 Å². The number of thiocarbonyl (C=S) groups is 1. The van der Waals surface area contributed by atoms with Crippen molar-refractivity contribution < 1.29 is 8.42 Å². The van der Waals surface area contributed by atoms with Gasteiger partial charge in [0.2, 0.25) is 0 Å². The molecule has 0 aromatic heterocycles. The molecule has 0 bridgehead atoms. The Labute approximate surface area is 97.3 Å². The van der Waals surface area contributed by atoms with Crippen molar-refractivity contribution in [3.63, 3.8) is 0 Å². The Kier molecular flexibility index (Phi) is 4.52. The zero-order valence-corrected chi connectivity index (χ0v) is 10.7. The van der Waals surface area contributed by atoms with E-state index in [0.717, 1.165) is 25.7 Å². The largest absolute Gasteiger partial charge is 0.392 e. The molecule has 0 aliphatic heterocycles. The third-order valence-corrected chi connectivity index (χ3v) is 5.77. The minimum Gasteiger partial charge on any atom is -0.392 e. The van der Waals surface area contributed by atoms with Crippen molar-refractivity contribution in [2.75, 3.05) is 5.75 Å². The van der Waals surface area contributed by atoms with Crippen LogP contribution in [0.1, 0.15) is 39.0 Å². The quantitative estimate of drug-likeness (QED) is 0.770. The van der Waals surface area contributed by atoms with Crippen LogP contribution in [0.15, 0.2) is 0 Å². The minimum atomic E-state index is -3.13. The standard InChI is InChI=1S/C10H19NO2S2/c1-2-15(12,13)9(10(11)14)8-6-4-3-5-7-8/h8-9H,2-7H2,1H3,(H2,11,14)/t9-/m0/s1. The van der Waals surface area contributed by atoms with Gasteiger partial charge in [-0.15, -0.1) is 0 Å². The Morgan fingerprint density at radius 1 is 1.40 bits per heavy atom. The molecule has 1 saturated carbocycles. The van der Waals surface area contributed by atoms with E-state index in [2.05, 4.69) is 0 Å². The van der Waals surface area contributed by atoms with Crippen molar-refractivity contribution in [1.29, 1.82) is 0 Å². The van der Waals surface area contributed by atoms with E-state index in [4.69, 9.17) is 18.0 Å². The lowest BCUT2D eigenvalue weighted by atomic mass is 9.87. The van der Waals surface area contributed by atoms with E-state index in [-0.39, 0.29) is 16.7 Å². The van der Waals surface area contributed by atoms with Crippen molar-refractivity contribution in [3.8, 4) is 0 Å². The molecule has 15 heavy (non-hydrogen) atoms. The molecule has 1 rings (SSSR count). The Morgan fingerprint density at radius 3 is 2.33 bits per heavy atom. The molecule has 0 aromatic carbocycles. The lowest BCUT2D eigenvalue weighted by Crippen LogP contribution is -2.42. The van der Waals surface area contributed by atoms with Crippen molar-refractivity contribution in [1.82, 2.24) is 0 Å². The van der Waals surface area contributed by atoms with Gasteiger partial charge in [-0.25, -0.2) is 8.42 Å². The van der Waals surface area contributed by atoms with Crippen LogP contribution in [0, 0.1) is 5.92 Å². The SMILES string of the molecule is CCS(=O)(=O)[C@H](C(N)=S)C1CCCCC1. The van der Waals surface area contributed by atoms with E-state index in [1.165, 1.54) is 6.42 Å². The van der Waals surface area contributed by atoms with E-state index >= 15 is 0 Å². The third kappa shape index (κ3) is 3.14. The predicted octanol–water partition coefficient (Wildman–Crippen LogP) is 1.66. The molecule has 2 N–H and O–H groups in total. The van der Waals surface area contributed by atoms with E-state index in [1.54, 1.807) is 6.92 Å². The predicted molar refractivity (Wildman–Crippen MR) is 66.6 cm³/mol. The Morgan fingerprint density at radius 2 is 1.93 bits per heavy atom. The maximum absolute atomic E-state index is 11.9. The molecule has 0 unspecified atom stereocenters. The van der Waals surface area contributed by atoms with Gasteiger partial charge < -0.3 is 5.73 Å². The molecular formula is C10H19NO2S2. The molecule has 88 valence electrons. The molecule has 0 saturated heterocycles. The highest BCUT2D eigenvalue weighted by Gasteiger charge is 2.35. The molecular weight excluding hydrogens is 230 g/mol. The van der Waals surface area contributed by atoms with Gasteiger partial charge in [0.15, 0.2) is 9.84 Å². The highest BCUT2D eigenvalue weighted by atomic mass is 32.2. The van der Waals surface area contributed by atoms with Crippen molar-refractivity contribution in [2.45, 2.75) is 44.3 Å². The van der Waals surface area contributed by atoms with Crippen LogP contribution in [0.4, 0.5) is 0 Å². The van der Waals surface area contributed by atoms with Crippen LogP contribution in [-0.4, -0.2) is 24.4 Å². The van der Waals surface area contributed by atoms with Gasteiger partial charge in [0.05, 0.1) is 4.99 Å². The van der Waals surface area contributed by atoms with Crippen LogP contribution >= 0.6 is 12.2 Å². The van der Waals surface area contributed by atoms with Gasteiger partial charge in [-0.05, 0) is 18.8 Å². The van der Waals surface area contributed by atoms with Crippen LogP contribution in [0.25, 0.3) is 0 Å². The summed E-state index contributed by atoms with van der Waals surface area (Å²) in [4.78, 5) is 0.156.